The van der Waals surface area contributed by atoms with E-state index >= 15 is 0 Å². The van der Waals surface area contributed by atoms with Gasteiger partial charge in [-0.3, -0.25) is 4.68 Å². The van der Waals surface area contributed by atoms with Gasteiger partial charge in [0.25, 0.3) is 0 Å². The Kier molecular flexibility index (Phi) is 7.75. The summed E-state index contributed by atoms with van der Waals surface area (Å²) in [4.78, 5) is 2.49. The summed E-state index contributed by atoms with van der Waals surface area (Å²) in [7, 11) is 2.02. The summed E-state index contributed by atoms with van der Waals surface area (Å²) in [5.74, 6) is 0. The van der Waals surface area contributed by atoms with E-state index in [1.54, 1.807) is 0 Å². The van der Waals surface area contributed by atoms with Gasteiger partial charge in [0.1, 0.15) is 0 Å². The fourth-order valence-electron chi connectivity index (χ4n) is 2.48. The number of hydrogen-bond acceptors (Lipinski definition) is 3. The topological polar surface area (TPSA) is 33.1 Å². The normalized spacial score (nSPS) is 13.1. The minimum Gasteiger partial charge on any atom is -0.314 e. The molecule has 4 heteroatoms. The lowest BCUT2D eigenvalue weighted by molar-refractivity contribution is 0.278. The molecule has 1 unspecified atom stereocenters. The molecule has 0 fully saturated rings. The average molecular weight is 266 g/mol. The van der Waals surface area contributed by atoms with E-state index in [4.69, 9.17) is 0 Å². The first-order valence-electron chi connectivity index (χ1n) is 7.63. The highest BCUT2D eigenvalue weighted by molar-refractivity contribution is 5.00. The molecule has 0 amide bonds. The Morgan fingerprint density at radius 2 is 2.00 bits per heavy atom. The van der Waals surface area contributed by atoms with Crippen LogP contribution in [-0.2, 0) is 13.5 Å². The van der Waals surface area contributed by atoms with Crippen molar-refractivity contribution >= 4 is 0 Å². The van der Waals surface area contributed by atoms with Crippen molar-refractivity contribution in [3.05, 3.63) is 18.0 Å². The van der Waals surface area contributed by atoms with Gasteiger partial charge in [-0.15, -0.1) is 0 Å². The zero-order chi connectivity index (χ0) is 14.1. The summed E-state index contributed by atoms with van der Waals surface area (Å²) < 4.78 is 1.98. The maximum atomic E-state index is 4.23. The first-order valence-corrected chi connectivity index (χ1v) is 7.63. The third-order valence-electron chi connectivity index (χ3n) is 3.85. The smallest absolute Gasteiger partial charge is 0.0492 e. The lowest BCUT2D eigenvalue weighted by atomic mass is 10.1. The molecule has 0 aromatic carbocycles. The highest BCUT2D eigenvalue weighted by atomic mass is 15.2. The van der Waals surface area contributed by atoms with Crippen molar-refractivity contribution in [2.45, 2.75) is 46.1 Å². The molecule has 0 radical (unpaired) electrons. The van der Waals surface area contributed by atoms with Crippen LogP contribution < -0.4 is 5.32 Å². The minimum absolute atomic E-state index is 0.612. The molecule has 1 aromatic heterocycles. The van der Waals surface area contributed by atoms with Crippen LogP contribution in [0.25, 0.3) is 0 Å². The minimum atomic E-state index is 0.612. The molecule has 0 aliphatic carbocycles. The van der Waals surface area contributed by atoms with Crippen molar-refractivity contribution in [2.75, 3.05) is 26.2 Å². The second-order valence-electron chi connectivity index (χ2n) is 5.05. The summed E-state index contributed by atoms with van der Waals surface area (Å²) in [5.41, 5.74) is 1.32. The molecule has 1 aromatic rings. The van der Waals surface area contributed by atoms with Gasteiger partial charge in [0, 0.05) is 25.0 Å². The number of rotatable bonds is 10. The molecular weight excluding hydrogens is 236 g/mol. The van der Waals surface area contributed by atoms with E-state index in [0.717, 1.165) is 26.1 Å². The lowest BCUT2D eigenvalue weighted by Crippen LogP contribution is -2.34. The molecule has 4 nitrogen and oxygen atoms in total. The van der Waals surface area contributed by atoms with E-state index in [1.165, 1.54) is 25.1 Å². The number of nitrogens with zero attached hydrogens (tertiary/aromatic N) is 3. The van der Waals surface area contributed by atoms with E-state index in [0.29, 0.717) is 6.04 Å². The molecule has 0 saturated carbocycles. The summed E-state index contributed by atoms with van der Waals surface area (Å²) in [6.45, 7) is 11.2. The fraction of sp³-hybridized carbons (Fsp3) is 0.800. The van der Waals surface area contributed by atoms with Crippen molar-refractivity contribution in [3.8, 4) is 0 Å². The van der Waals surface area contributed by atoms with Crippen molar-refractivity contribution in [1.29, 1.82) is 0 Å². The predicted molar refractivity (Wildman–Crippen MR) is 81.4 cm³/mol. The van der Waals surface area contributed by atoms with Gasteiger partial charge in [-0.2, -0.15) is 5.10 Å². The number of aromatic nitrogens is 2. The van der Waals surface area contributed by atoms with Gasteiger partial charge in [0.2, 0.25) is 0 Å². The highest BCUT2D eigenvalue weighted by Gasteiger charge is 2.10. The highest BCUT2D eigenvalue weighted by Crippen LogP contribution is 2.07. The maximum Gasteiger partial charge on any atom is 0.0492 e. The Morgan fingerprint density at radius 1 is 1.26 bits per heavy atom. The predicted octanol–water partition coefficient (Wildman–Crippen LogP) is 2.06. The monoisotopic (exact) mass is 266 g/mol. The summed E-state index contributed by atoms with van der Waals surface area (Å²) in [5, 5.41) is 7.84. The third-order valence-corrected chi connectivity index (χ3v) is 3.85. The Labute approximate surface area is 118 Å². The molecular formula is C15H30N4. The van der Waals surface area contributed by atoms with Crippen LogP contribution in [0.3, 0.4) is 0 Å². The molecule has 1 atom stereocenters. The first kappa shape index (κ1) is 16.2. The van der Waals surface area contributed by atoms with Crippen LogP contribution in [0, 0.1) is 0 Å². The second-order valence-corrected chi connectivity index (χ2v) is 5.05. The van der Waals surface area contributed by atoms with Gasteiger partial charge in [0.15, 0.2) is 0 Å². The summed E-state index contributed by atoms with van der Waals surface area (Å²) in [6.07, 6.45) is 5.40. The van der Waals surface area contributed by atoms with Crippen LogP contribution in [0.2, 0.25) is 0 Å². The molecule has 19 heavy (non-hydrogen) atoms. The number of hydrogen-bond donors (Lipinski definition) is 1. The van der Waals surface area contributed by atoms with Gasteiger partial charge in [-0.25, -0.2) is 0 Å². The standard InChI is InChI=1S/C15H30N4/c1-5-16-14(11-13-19(6-2)7-3)8-9-15-10-12-17-18(15)4/h10,12,14,16H,5-9,11,13H2,1-4H3. The average Bonchev–Trinajstić information content (AvgIpc) is 2.82. The van der Waals surface area contributed by atoms with Crippen LogP contribution in [-0.4, -0.2) is 46.9 Å². The largest absolute Gasteiger partial charge is 0.314 e. The van der Waals surface area contributed by atoms with Crippen LogP contribution in [0.1, 0.15) is 39.3 Å². The Balaban J connectivity index is 2.37. The number of nitrogens with one attached hydrogen (secondary N) is 1. The van der Waals surface area contributed by atoms with Crippen LogP contribution in [0.4, 0.5) is 0 Å². The maximum absolute atomic E-state index is 4.23. The van der Waals surface area contributed by atoms with Gasteiger partial charge in [0.05, 0.1) is 0 Å². The molecule has 0 spiro atoms. The summed E-state index contributed by atoms with van der Waals surface area (Å²) in [6, 6.07) is 2.73. The van der Waals surface area contributed by atoms with Crippen molar-refractivity contribution in [2.24, 2.45) is 7.05 Å². The van der Waals surface area contributed by atoms with Gasteiger partial charge in [-0.1, -0.05) is 20.8 Å². The van der Waals surface area contributed by atoms with E-state index in [-0.39, 0.29) is 0 Å². The summed E-state index contributed by atoms with van der Waals surface area (Å²) >= 11 is 0. The first-order chi connectivity index (χ1) is 9.21. The van der Waals surface area contributed by atoms with Gasteiger partial charge >= 0.3 is 0 Å². The molecule has 0 saturated heterocycles. The van der Waals surface area contributed by atoms with E-state index < -0.39 is 0 Å². The van der Waals surface area contributed by atoms with Crippen LogP contribution in [0.15, 0.2) is 12.3 Å². The molecule has 110 valence electrons. The zero-order valence-corrected chi connectivity index (χ0v) is 13.0. The Morgan fingerprint density at radius 3 is 2.53 bits per heavy atom. The molecule has 1 N–H and O–H groups in total. The zero-order valence-electron chi connectivity index (χ0n) is 13.0. The van der Waals surface area contributed by atoms with Crippen molar-refractivity contribution in [3.63, 3.8) is 0 Å². The van der Waals surface area contributed by atoms with Crippen molar-refractivity contribution in [1.82, 2.24) is 20.0 Å². The van der Waals surface area contributed by atoms with Crippen LogP contribution in [0.5, 0.6) is 0 Å². The quantitative estimate of drug-likeness (QED) is 0.704. The van der Waals surface area contributed by atoms with Crippen molar-refractivity contribution < 1.29 is 0 Å². The van der Waals surface area contributed by atoms with Gasteiger partial charge < -0.3 is 10.2 Å². The van der Waals surface area contributed by atoms with E-state index in [2.05, 4.69) is 42.2 Å². The Hall–Kier alpha value is -0.870. The van der Waals surface area contributed by atoms with E-state index in [9.17, 15) is 0 Å². The molecule has 1 heterocycles. The van der Waals surface area contributed by atoms with E-state index in [1.807, 2.05) is 17.9 Å². The molecule has 1 rings (SSSR count). The number of aryl methyl sites for hydroxylation is 2. The second kappa shape index (κ2) is 9.10. The van der Waals surface area contributed by atoms with Crippen LogP contribution >= 0.6 is 0 Å². The SMILES string of the molecule is CCNC(CCc1ccnn1C)CCN(CC)CC. The fourth-order valence-corrected chi connectivity index (χ4v) is 2.48. The molecule has 0 bridgehead atoms. The lowest BCUT2D eigenvalue weighted by Gasteiger charge is -2.23. The molecule has 0 aliphatic heterocycles. The molecule has 0 aliphatic rings. The van der Waals surface area contributed by atoms with Gasteiger partial charge in [-0.05, 0) is 51.5 Å². The third kappa shape index (κ3) is 5.74. The Bertz CT molecular complexity index is 331.